The SMILES string of the molecule is Cc1nnc(CN(C)C[C@H]2Cc3ccccc3CN2C)s1. The van der Waals surface area contributed by atoms with Gasteiger partial charge in [-0.15, -0.1) is 21.5 Å². The van der Waals surface area contributed by atoms with E-state index >= 15 is 0 Å². The maximum Gasteiger partial charge on any atom is 0.131 e. The minimum absolute atomic E-state index is 0.568. The molecule has 1 atom stereocenters. The van der Waals surface area contributed by atoms with Crippen molar-refractivity contribution in [2.45, 2.75) is 32.5 Å². The van der Waals surface area contributed by atoms with Gasteiger partial charge in [0.2, 0.25) is 0 Å². The normalized spacial score (nSPS) is 19.0. The van der Waals surface area contributed by atoms with Gasteiger partial charge in [0.25, 0.3) is 0 Å². The maximum atomic E-state index is 4.22. The van der Waals surface area contributed by atoms with Crippen LogP contribution in [0.4, 0.5) is 0 Å². The van der Waals surface area contributed by atoms with E-state index in [1.807, 2.05) is 6.92 Å². The Hall–Kier alpha value is -1.30. The van der Waals surface area contributed by atoms with Gasteiger partial charge in [-0.1, -0.05) is 24.3 Å². The fraction of sp³-hybridized carbons (Fsp3) is 0.500. The number of likely N-dealkylation sites (N-methyl/N-ethyl adjacent to an activating group) is 2. The summed E-state index contributed by atoms with van der Waals surface area (Å²) >= 11 is 1.69. The zero-order valence-electron chi connectivity index (χ0n) is 12.9. The number of fused-ring (bicyclic) bond motifs is 1. The van der Waals surface area contributed by atoms with Crippen LogP contribution in [0.15, 0.2) is 24.3 Å². The predicted octanol–water partition coefficient (Wildman–Crippen LogP) is 2.34. The van der Waals surface area contributed by atoms with Gasteiger partial charge in [-0.2, -0.15) is 0 Å². The van der Waals surface area contributed by atoms with Crippen molar-refractivity contribution >= 4 is 11.3 Å². The van der Waals surface area contributed by atoms with Gasteiger partial charge in [-0.25, -0.2) is 0 Å². The van der Waals surface area contributed by atoms with Crippen molar-refractivity contribution < 1.29 is 0 Å². The van der Waals surface area contributed by atoms with Crippen LogP contribution in [-0.4, -0.2) is 46.7 Å². The van der Waals surface area contributed by atoms with Crippen LogP contribution in [0.1, 0.15) is 21.1 Å². The van der Waals surface area contributed by atoms with E-state index in [0.29, 0.717) is 6.04 Å². The van der Waals surface area contributed by atoms with Gasteiger partial charge in [-0.3, -0.25) is 9.80 Å². The first-order valence-corrected chi connectivity index (χ1v) is 8.18. The topological polar surface area (TPSA) is 32.3 Å². The van der Waals surface area contributed by atoms with Crippen LogP contribution in [0.2, 0.25) is 0 Å². The lowest BCUT2D eigenvalue weighted by atomic mass is 9.94. The van der Waals surface area contributed by atoms with E-state index in [4.69, 9.17) is 0 Å². The van der Waals surface area contributed by atoms with E-state index < -0.39 is 0 Å². The minimum atomic E-state index is 0.568. The number of rotatable bonds is 4. The molecular weight excluding hydrogens is 280 g/mol. The first kappa shape index (κ1) is 14.6. The van der Waals surface area contributed by atoms with Crippen molar-refractivity contribution in [2.75, 3.05) is 20.6 Å². The molecule has 5 heteroatoms. The van der Waals surface area contributed by atoms with Crippen LogP contribution in [0.3, 0.4) is 0 Å². The highest BCUT2D eigenvalue weighted by Gasteiger charge is 2.24. The Morgan fingerprint density at radius 2 is 2.05 bits per heavy atom. The van der Waals surface area contributed by atoms with E-state index in [0.717, 1.165) is 36.1 Å². The number of hydrogen-bond donors (Lipinski definition) is 0. The fourth-order valence-corrected chi connectivity index (χ4v) is 3.77. The molecule has 112 valence electrons. The molecule has 3 rings (SSSR count). The van der Waals surface area contributed by atoms with Crippen molar-refractivity contribution in [3.8, 4) is 0 Å². The third-order valence-corrected chi connectivity index (χ3v) is 4.94. The zero-order valence-corrected chi connectivity index (χ0v) is 13.7. The van der Waals surface area contributed by atoms with E-state index in [-0.39, 0.29) is 0 Å². The quantitative estimate of drug-likeness (QED) is 0.868. The number of nitrogens with zero attached hydrogens (tertiary/aromatic N) is 4. The number of aromatic nitrogens is 2. The molecule has 0 bridgehead atoms. The van der Waals surface area contributed by atoms with Gasteiger partial charge in [0.05, 0.1) is 6.54 Å². The summed E-state index contributed by atoms with van der Waals surface area (Å²) in [7, 11) is 4.40. The van der Waals surface area contributed by atoms with Gasteiger partial charge in [0.1, 0.15) is 10.0 Å². The highest BCUT2D eigenvalue weighted by atomic mass is 32.1. The maximum absolute atomic E-state index is 4.22. The Morgan fingerprint density at radius 1 is 1.29 bits per heavy atom. The van der Waals surface area contributed by atoms with Crippen LogP contribution < -0.4 is 0 Å². The second kappa shape index (κ2) is 6.22. The van der Waals surface area contributed by atoms with Crippen molar-refractivity contribution in [1.82, 2.24) is 20.0 Å². The molecule has 0 fully saturated rings. The summed E-state index contributed by atoms with van der Waals surface area (Å²) in [6.45, 7) is 5.00. The molecule has 0 N–H and O–H groups in total. The molecule has 0 spiro atoms. The summed E-state index contributed by atoms with van der Waals surface area (Å²) in [5.74, 6) is 0. The highest BCUT2D eigenvalue weighted by Crippen LogP contribution is 2.22. The van der Waals surface area contributed by atoms with Crippen LogP contribution in [0.5, 0.6) is 0 Å². The molecule has 0 unspecified atom stereocenters. The third kappa shape index (κ3) is 3.48. The molecule has 0 radical (unpaired) electrons. The minimum Gasteiger partial charge on any atom is -0.298 e. The molecule has 1 aromatic carbocycles. The summed E-state index contributed by atoms with van der Waals surface area (Å²) in [6.07, 6.45) is 1.13. The van der Waals surface area contributed by atoms with Crippen molar-refractivity contribution in [1.29, 1.82) is 0 Å². The molecule has 0 amide bonds. The summed E-state index contributed by atoms with van der Waals surface area (Å²) in [4.78, 5) is 4.82. The Kier molecular flexibility index (Phi) is 4.33. The van der Waals surface area contributed by atoms with E-state index in [9.17, 15) is 0 Å². The molecule has 1 aliphatic rings. The molecule has 0 saturated carbocycles. The first-order chi connectivity index (χ1) is 10.1. The second-order valence-electron chi connectivity index (χ2n) is 5.95. The molecule has 2 aromatic rings. The molecule has 1 aromatic heterocycles. The summed E-state index contributed by atoms with van der Waals surface area (Å²) in [5.41, 5.74) is 2.97. The molecular formula is C16H22N4S. The van der Waals surface area contributed by atoms with E-state index in [1.54, 1.807) is 11.3 Å². The lowest BCUT2D eigenvalue weighted by Crippen LogP contribution is -2.44. The predicted molar refractivity (Wildman–Crippen MR) is 86.4 cm³/mol. The lowest BCUT2D eigenvalue weighted by Gasteiger charge is -2.36. The van der Waals surface area contributed by atoms with Gasteiger partial charge in [-0.05, 0) is 38.6 Å². The molecule has 21 heavy (non-hydrogen) atoms. The molecule has 0 aliphatic carbocycles. The summed E-state index contributed by atoms with van der Waals surface area (Å²) < 4.78 is 0. The Balaban J connectivity index is 1.62. The Morgan fingerprint density at radius 3 is 2.76 bits per heavy atom. The van der Waals surface area contributed by atoms with Crippen LogP contribution in [-0.2, 0) is 19.5 Å². The van der Waals surface area contributed by atoms with Crippen LogP contribution in [0, 0.1) is 6.92 Å². The summed E-state index contributed by atoms with van der Waals surface area (Å²) in [5, 5.41) is 10.5. The fourth-order valence-electron chi connectivity index (χ4n) is 2.98. The average molecular weight is 302 g/mol. The first-order valence-electron chi connectivity index (χ1n) is 7.36. The zero-order chi connectivity index (χ0) is 14.8. The van der Waals surface area contributed by atoms with Gasteiger partial charge in [0, 0.05) is 19.1 Å². The third-order valence-electron chi connectivity index (χ3n) is 4.11. The summed E-state index contributed by atoms with van der Waals surface area (Å²) in [6, 6.07) is 9.37. The van der Waals surface area contributed by atoms with E-state index in [2.05, 4.69) is 58.4 Å². The Bertz CT molecular complexity index is 610. The Labute approximate surface area is 130 Å². The van der Waals surface area contributed by atoms with Crippen molar-refractivity contribution in [3.05, 3.63) is 45.4 Å². The number of benzene rings is 1. The lowest BCUT2D eigenvalue weighted by molar-refractivity contribution is 0.158. The van der Waals surface area contributed by atoms with Crippen molar-refractivity contribution in [3.63, 3.8) is 0 Å². The van der Waals surface area contributed by atoms with E-state index in [1.165, 1.54) is 11.1 Å². The van der Waals surface area contributed by atoms with Crippen LogP contribution in [0.25, 0.3) is 0 Å². The standard InChI is InChI=1S/C16H22N4S/c1-12-17-18-16(21-12)11-19(2)10-15-8-13-6-4-5-7-14(13)9-20(15)3/h4-7,15H,8-11H2,1-3H3/t15-/m1/s1. The van der Waals surface area contributed by atoms with Gasteiger partial charge in [0.15, 0.2) is 0 Å². The highest BCUT2D eigenvalue weighted by molar-refractivity contribution is 7.11. The van der Waals surface area contributed by atoms with Gasteiger partial charge >= 0.3 is 0 Å². The molecule has 4 nitrogen and oxygen atoms in total. The van der Waals surface area contributed by atoms with Crippen LogP contribution >= 0.6 is 11.3 Å². The number of hydrogen-bond acceptors (Lipinski definition) is 5. The molecule has 2 heterocycles. The second-order valence-corrected chi connectivity index (χ2v) is 7.22. The smallest absolute Gasteiger partial charge is 0.131 e. The number of aryl methyl sites for hydroxylation is 1. The van der Waals surface area contributed by atoms with Gasteiger partial charge < -0.3 is 0 Å². The van der Waals surface area contributed by atoms with Crippen molar-refractivity contribution in [2.24, 2.45) is 0 Å². The average Bonchev–Trinajstić information content (AvgIpc) is 2.85. The molecule has 0 saturated heterocycles. The monoisotopic (exact) mass is 302 g/mol. The largest absolute Gasteiger partial charge is 0.298 e. The molecule has 1 aliphatic heterocycles.